The molecule has 0 unspecified atom stereocenters. The number of Topliss-reactive ketones (excluding diaryl/α,β-unsaturated/α-hetero) is 1. The number of anilines is 1. The topological polar surface area (TPSA) is 81.4 Å². The third kappa shape index (κ3) is 4.58. The van der Waals surface area contributed by atoms with Gasteiger partial charge in [-0.2, -0.15) is 5.10 Å². The molecule has 0 amide bonds. The van der Waals surface area contributed by atoms with Gasteiger partial charge in [-0.05, 0) is 55.1 Å². The molecule has 0 saturated heterocycles. The predicted molar refractivity (Wildman–Crippen MR) is 112 cm³/mol. The molecule has 0 saturated carbocycles. The Balaban J connectivity index is 1.79. The van der Waals surface area contributed by atoms with Crippen LogP contribution in [0.5, 0.6) is 5.75 Å². The number of carbonyl (C=O) groups is 1. The Kier molecular flexibility index (Phi) is 6.10. The van der Waals surface area contributed by atoms with E-state index in [-0.39, 0.29) is 5.78 Å². The summed E-state index contributed by atoms with van der Waals surface area (Å²) in [6.07, 6.45) is 0. The Morgan fingerprint density at radius 1 is 1.11 bits per heavy atom. The van der Waals surface area contributed by atoms with E-state index in [0.29, 0.717) is 16.0 Å². The van der Waals surface area contributed by atoms with Gasteiger partial charge in [0.25, 0.3) is 0 Å². The van der Waals surface area contributed by atoms with Crippen molar-refractivity contribution >= 4 is 28.3 Å². The van der Waals surface area contributed by atoms with Gasteiger partial charge in [0, 0.05) is 19.5 Å². The number of methoxy groups -OCH3 is 1. The minimum atomic E-state index is -0.154. The molecular formula is C20H21N5O2S. The molecule has 0 fully saturated rings. The van der Waals surface area contributed by atoms with E-state index >= 15 is 0 Å². The van der Waals surface area contributed by atoms with E-state index in [2.05, 4.69) is 20.7 Å². The van der Waals surface area contributed by atoms with Crippen LogP contribution >= 0.6 is 11.8 Å². The van der Waals surface area contributed by atoms with Crippen LogP contribution in [0.3, 0.4) is 0 Å². The van der Waals surface area contributed by atoms with Crippen molar-refractivity contribution in [2.75, 3.05) is 12.5 Å². The van der Waals surface area contributed by atoms with Crippen molar-refractivity contribution in [3.05, 3.63) is 54.1 Å². The van der Waals surface area contributed by atoms with Crippen molar-refractivity contribution in [3.8, 4) is 17.1 Å². The molecule has 0 aliphatic carbocycles. The lowest BCUT2D eigenvalue weighted by atomic mass is 10.2. The predicted octanol–water partition coefficient (Wildman–Crippen LogP) is 3.91. The van der Waals surface area contributed by atoms with Gasteiger partial charge in [0.05, 0.1) is 12.8 Å². The van der Waals surface area contributed by atoms with Crippen LogP contribution in [-0.2, 0) is 11.8 Å². The Bertz CT molecular complexity index is 994. The summed E-state index contributed by atoms with van der Waals surface area (Å²) in [6.45, 7) is 3.49. The van der Waals surface area contributed by atoms with Crippen molar-refractivity contribution < 1.29 is 9.53 Å². The summed E-state index contributed by atoms with van der Waals surface area (Å²) in [5.41, 5.74) is 5.78. The molecule has 7 nitrogen and oxygen atoms in total. The molecule has 28 heavy (non-hydrogen) atoms. The van der Waals surface area contributed by atoms with Crippen molar-refractivity contribution in [1.82, 2.24) is 14.8 Å². The molecule has 0 radical (unpaired) electrons. The van der Waals surface area contributed by atoms with Gasteiger partial charge >= 0.3 is 0 Å². The van der Waals surface area contributed by atoms with Gasteiger partial charge in [0.2, 0.25) is 0 Å². The average Bonchev–Trinajstić information content (AvgIpc) is 3.06. The number of ether oxygens (including phenoxy) is 1. The second kappa shape index (κ2) is 8.71. The zero-order chi connectivity index (χ0) is 20.1. The van der Waals surface area contributed by atoms with Crippen LogP contribution in [-0.4, -0.2) is 32.7 Å². The molecule has 8 heteroatoms. The number of ketones is 1. The maximum atomic E-state index is 12.0. The van der Waals surface area contributed by atoms with Crippen LogP contribution < -0.4 is 10.2 Å². The number of rotatable bonds is 6. The summed E-state index contributed by atoms with van der Waals surface area (Å²) in [4.78, 5) is 12.0. The number of nitrogens with zero attached hydrogens (tertiary/aromatic N) is 4. The van der Waals surface area contributed by atoms with Gasteiger partial charge in [-0.1, -0.05) is 17.7 Å². The summed E-state index contributed by atoms with van der Waals surface area (Å²) >= 11 is 1.17. The van der Waals surface area contributed by atoms with E-state index in [4.69, 9.17) is 4.74 Å². The molecule has 0 atom stereocenters. The van der Waals surface area contributed by atoms with Crippen molar-refractivity contribution in [1.29, 1.82) is 0 Å². The average molecular weight is 395 g/mol. The Morgan fingerprint density at radius 2 is 1.79 bits per heavy atom. The fourth-order valence-electron chi connectivity index (χ4n) is 2.40. The molecule has 0 aliphatic heterocycles. The maximum absolute atomic E-state index is 12.0. The fraction of sp³-hybridized carbons (Fsp3) is 0.200. The summed E-state index contributed by atoms with van der Waals surface area (Å²) < 4.78 is 7.01. The molecule has 2 aromatic carbocycles. The molecule has 1 N–H and O–H groups in total. The number of benzene rings is 2. The van der Waals surface area contributed by atoms with Gasteiger partial charge in [-0.3, -0.25) is 10.2 Å². The van der Waals surface area contributed by atoms with Crippen LogP contribution in [0.2, 0.25) is 0 Å². The Hall–Kier alpha value is -3.13. The third-order valence-corrected chi connectivity index (χ3v) is 5.12. The van der Waals surface area contributed by atoms with Crippen molar-refractivity contribution in [2.24, 2.45) is 12.1 Å². The lowest BCUT2D eigenvalue weighted by Gasteiger charge is -2.06. The summed E-state index contributed by atoms with van der Waals surface area (Å²) in [7, 11) is 3.48. The first-order valence-electron chi connectivity index (χ1n) is 8.61. The number of aromatic nitrogens is 3. The first-order chi connectivity index (χ1) is 13.5. The minimum absolute atomic E-state index is 0.154. The number of nitrogens with one attached hydrogen (secondary N) is 1. The molecule has 3 rings (SSSR count). The molecule has 1 heterocycles. The van der Waals surface area contributed by atoms with Crippen LogP contribution in [0.4, 0.5) is 5.69 Å². The van der Waals surface area contributed by atoms with Crippen LogP contribution in [0.1, 0.15) is 12.5 Å². The van der Waals surface area contributed by atoms with Gasteiger partial charge in [-0.15, -0.1) is 10.2 Å². The summed E-state index contributed by atoms with van der Waals surface area (Å²) in [5, 5.41) is 13.6. The molecular weight excluding hydrogens is 374 g/mol. The van der Waals surface area contributed by atoms with Crippen LogP contribution in [0.25, 0.3) is 11.4 Å². The number of thioether (sulfide) groups is 1. The molecule has 144 valence electrons. The maximum Gasteiger partial charge on any atom is 0.197 e. The standard InChI is InChI=1S/C20H21N5O2S/c1-13-5-9-16(10-6-13)21-23-19(14(2)26)28-20-24-22-18(25(20)3)15-7-11-17(27-4)12-8-15/h5-12,21H,1-4H3/b23-19-. The van der Waals surface area contributed by atoms with Gasteiger partial charge in [-0.25, -0.2) is 0 Å². The van der Waals surface area contributed by atoms with E-state index in [1.54, 1.807) is 7.11 Å². The molecule has 0 aliphatic rings. The lowest BCUT2D eigenvalue weighted by molar-refractivity contribution is -0.110. The number of carbonyl (C=O) groups excluding carboxylic acids is 1. The van der Waals surface area contributed by atoms with Gasteiger partial charge in [0.15, 0.2) is 21.8 Å². The molecule has 1 aromatic heterocycles. The zero-order valence-electron chi connectivity index (χ0n) is 16.1. The molecule has 3 aromatic rings. The highest BCUT2D eigenvalue weighted by molar-refractivity contribution is 8.15. The second-order valence-electron chi connectivity index (χ2n) is 6.15. The second-order valence-corrected chi connectivity index (χ2v) is 7.10. The Labute approximate surface area is 167 Å². The fourth-order valence-corrected chi connectivity index (χ4v) is 3.11. The van der Waals surface area contributed by atoms with E-state index in [0.717, 1.165) is 22.6 Å². The van der Waals surface area contributed by atoms with Crippen molar-refractivity contribution in [3.63, 3.8) is 0 Å². The van der Waals surface area contributed by atoms with E-state index in [9.17, 15) is 4.79 Å². The largest absolute Gasteiger partial charge is 0.497 e. The number of aryl methyl sites for hydroxylation is 1. The molecule has 0 bridgehead atoms. The molecule has 0 spiro atoms. The smallest absolute Gasteiger partial charge is 0.197 e. The number of hydrazone groups is 1. The normalized spacial score (nSPS) is 11.4. The van der Waals surface area contributed by atoms with Crippen LogP contribution in [0.15, 0.2) is 58.8 Å². The monoisotopic (exact) mass is 395 g/mol. The SMILES string of the molecule is COc1ccc(-c2nnc(S/C(=N\Nc3ccc(C)cc3)C(C)=O)n2C)cc1. The lowest BCUT2D eigenvalue weighted by Crippen LogP contribution is -2.09. The quantitative estimate of drug-likeness (QED) is 0.295. The third-order valence-electron chi connectivity index (χ3n) is 4.01. The van der Waals surface area contributed by atoms with Gasteiger partial charge in [0.1, 0.15) is 5.75 Å². The summed E-state index contributed by atoms with van der Waals surface area (Å²) in [6, 6.07) is 15.3. The zero-order valence-corrected chi connectivity index (χ0v) is 16.9. The minimum Gasteiger partial charge on any atom is -0.497 e. The summed E-state index contributed by atoms with van der Waals surface area (Å²) in [5.74, 6) is 1.31. The first kappa shape index (κ1) is 19.6. The van der Waals surface area contributed by atoms with E-state index in [1.165, 1.54) is 18.7 Å². The van der Waals surface area contributed by atoms with Crippen molar-refractivity contribution in [2.45, 2.75) is 19.0 Å². The van der Waals surface area contributed by atoms with Gasteiger partial charge < -0.3 is 9.30 Å². The number of hydrogen-bond acceptors (Lipinski definition) is 7. The highest BCUT2D eigenvalue weighted by Crippen LogP contribution is 2.25. The van der Waals surface area contributed by atoms with E-state index < -0.39 is 0 Å². The van der Waals surface area contributed by atoms with Crippen LogP contribution in [0, 0.1) is 6.92 Å². The highest BCUT2D eigenvalue weighted by atomic mass is 32.2. The number of hydrogen-bond donors (Lipinski definition) is 1. The highest BCUT2D eigenvalue weighted by Gasteiger charge is 2.16. The Morgan fingerprint density at radius 3 is 2.39 bits per heavy atom. The first-order valence-corrected chi connectivity index (χ1v) is 9.42. The van der Waals surface area contributed by atoms with E-state index in [1.807, 2.05) is 67.1 Å².